The highest BCUT2D eigenvalue weighted by molar-refractivity contribution is 9.10. The lowest BCUT2D eigenvalue weighted by molar-refractivity contribution is 0.0944. The molecule has 1 unspecified atom stereocenters. The Morgan fingerprint density at radius 3 is 2.37 bits per heavy atom. The number of nitrogens with one attached hydrogen (secondary N) is 1. The highest BCUT2D eigenvalue weighted by Gasteiger charge is 2.19. The highest BCUT2D eigenvalue weighted by atomic mass is 79.9. The first-order valence-electron chi connectivity index (χ1n) is 5.88. The van der Waals surface area contributed by atoms with Crippen LogP contribution in [0.2, 0.25) is 0 Å². The van der Waals surface area contributed by atoms with Crippen LogP contribution in [-0.2, 0) is 0 Å². The Labute approximate surface area is 124 Å². The molecule has 1 N–H and O–H groups in total. The van der Waals surface area contributed by atoms with Crippen molar-refractivity contribution in [2.75, 3.05) is 6.54 Å². The minimum atomic E-state index is -0.903. The number of alkyl halides is 1. The molecule has 0 saturated heterocycles. The van der Waals surface area contributed by atoms with Crippen molar-refractivity contribution in [3.8, 4) is 0 Å². The first kappa shape index (κ1) is 16.4. The number of rotatable bonds is 5. The predicted molar refractivity (Wildman–Crippen MR) is 75.5 cm³/mol. The third-order valence-corrected chi connectivity index (χ3v) is 3.24. The van der Waals surface area contributed by atoms with E-state index in [2.05, 4.69) is 21.2 Å². The summed E-state index contributed by atoms with van der Waals surface area (Å²) >= 11 is 8.96. The summed E-state index contributed by atoms with van der Waals surface area (Å²) in [5.74, 6) is -2.21. The van der Waals surface area contributed by atoms with Crippen LogP contribution in [0.4, 0.5) is 8.78 Å². The largest absolute Gasteiger partial charge is 0.350 e. The third kappa shape index (κ3) is 5.07. The molecule has 6 heteroatoms. The number of benzene rings is 1. The van der Waals surface area contributed by atoms with Gasteiger partial charge < -0.3 is 5.32 Å². The van der Waals surface area contributed by atoms with Crippen molar-refractivity contribution >= 4 is 33.4 Å². The number of halogens is 4. The molecule has 0 spiro atoms. The SMILES string of the molecule is CC(C)CC(Cl)CNC(=O)c1c(F)cc(Br)cc1F. The predicted octanol–water partition coefficient (Wildman–Crippen LogP) is 4.11. The van der Waals surface area contributed by atoms with Gasteiger partial charge >= 0.3 is 0 Å². The van der Waals surface area contributed by atoms with Gasteiger partial charge in [-0.2, -0.15) is 0 Å². The van der Waals surface area contributed by atoms with Gasteiger partial charge in [-0.25, -0.2) is 8.78 Å². The standard InChI is InChI=1S/C13H15BrClF2NO/c1-7(2)3-9(15)6-18-13(19)12-10(16)4-8(14)5-11(12)17/h4-5,7,9H,3,6H2,1-2H3,(H,18,19). The van der Waals surface area contributed by atoms with Gasteiger partial charge in [0.25, 0.3) is 5.91 Å². The van der Waals surface area contributed by atoms with E-state index in [-0.39, 0.29) is 16.4 Å². The van der Waals surface area contributed by atoms with Crippen molar-refractivity contribution in [3.05, 3.63) is 33.8 Å². The molecule has 0 saturated carbocycles. The van der Waals surface area contributed by atoms with E-state index in [1.165, 1.54) is 0 Å². The van der Waals surface area contributed by atoms with Gasteiger partial charge in [0.2, 0.25) is 0 Å². The fourth-order valence-corrected chi connectivity index (χ4v) is 2.48. The number of hydrogen-bond acceptors (Lipinski definition) is 1. The average molecular weight is 355 g/mol. The molecule has 0 radical (unpaired) electrons. The molecule has 1 aromatic carbocycles. The highest BCUT2D eigenvalue weighted by Crippen LogP contribution is 2.19. The van der Waals surface area contributed by atoms with Crippen LogP contribution in [-0.4, -0.2) is 17.8 Å². The van der Waals surface area contributed by atoms with Gasteiger partial charge in [-0.1, -0.05) is 29.8 Å². The van der Waals surface area contributed by atoms with Gasteiger partial charge in [0.1, 0.15) is 17.2 Å². The fourth-order valence-electron chi connectivity index (χ4n) is 1.65. The molecule has 0 aliphatic rings. The van der Waals surface area contributed by atoms with Gasteiger partial charge in [0.05, 0.1) is 5.38 Å². The molecule has 1 rings (SSSR count). The van der Waals surface area contributed by atoms with Crippen LogP contribution >= 0.6 is 27.5 Å². The maximum Gasteiger partial charge on any atom is 0.257 e. The molecule has 19 heavy (non-hydrogen) atoms. The van der Waals surface area contributed by atoms with Crippen molar-refractivity contribution < 1.29 is 13.6 Å². The van der Waals surface area contributed by atoms with Crippen LogP contribution in [0.15, 0.2) is 16.6 Å². The second-order valence-electron chi connectivity index (χ2n) is 4.68. The number of hydrogen-bond donors (Lipinski definition) is 1. The summed E-state index contributed by atoms with van der Waals surface area (Å²) in [6.45, 7) is 4.18. The second-order valence-corrected chi connectivity index (χ2v) is 6.21. The third-order valence-electron chi connectivity index (χ3n) is 2.45. The molecular weight excluding hydrogens is 340 g/mol. The topological polar surface area (TPSA) is 29.1 Å². The molecule has 0 aliphatic heterocycles. The summed E-state index contributed by atoms with van der Waals surface area (Å²) in [5, 5.41) is 2.18. The first-order chi connectivity index (χ1) is 8.81. The summed E-state index contributed by atoms with van der Waals surface area (Å²) in [5.41, 5.74) is -0.586. The lowest BCUT2D eigenvalue weighted by Crippen LogP contribution is -2.31. The summed E-state index contributed by atoms with van der Waals surface area (Å²) in [6.07, 6.45) is 0.715. The summed E-state index contributed by atoms with van der Waals surface area (Å²) < 4.78 is 27.3. The van der Waals surface area contributed by atoms with Crippen LogP contribution < -0.4 is 5.32 Å². The molecule has 0 fully saturated rings. The summed E-state index contributed by atoms with van der Waals surface area (Å²) in [7, 11) is 0. The van der Waals surface area contributed by atoms with Crippen LogP contribution in [0.25, 0.3) is 0 Å². The molecule has 1 amide bonds. The molecule has 0 bridgehead atoms. The van der Waals surface area contributed by atoms with E-state index in [4.69, 9.17) is 11.6 Å². The Morgan fingerprint density at radius 1 is 1.37 bits per heavy atom. The van der Waals surface area contributed by atoms with Crippen molar-refractivity contribution in [1.82, 2.24) is 5.32 Å². The van der Waals surface area contributed by atoms with Crippen molar-refractivity contribution in [3.63, 3.8) is 0 Å². The molecule has 0 heterocycles. The van der Waals surface area contributed by atoms with Crippen molar-refractivity contribution in [2.45, 2.75) is 25.6 Å². The summed E-state index contributed by atoms with van der Waals surface area (Å²) in [6, 6.07) is 2.09. The Hall–Kier alpha value is -0.680. The average Bonchev–Trinajstić information content (AvgIpc) is 2.23. The lowest BCUT2D eigenvalue weighted by atomic mass is 10.1. The van der Waals surface area contributed by atoms with E-state index >= 15 is 0 Å². The van der Waals surface area contributed by atoms with Gasteiger partial charge in [0.15, 0.2) is 0 Å². The van der Waals surface area contributed by atoms with Crippen LogP contribution in [0.5, 0.6) is 0 Å². The van der Waals surface area contributed by atoms with E-state index in [0.29, 0.717) is 12.3 Å². The Balaban J connectivity index is 2.69. The smallest absolute Gasteiger partial charge is 0.257 e. The van der Waals surface area contributed by atoms with E-state index in [9.17, 15) is 13.6 Å². The first-order valence-corrected chi connectivity index (χ1v) is 7.11. The van der Waals surface area contributed by atoms with Gasteiger partial charge in [0, 0.05) is 11.0 Å². The van der Waals surface area contributed by atoms with E-state index in [1.54, 1.807) is 0 Å². The quantitative estimate of drug-likeness (QED) is 0.792. The number of amides is 1. The van der Waals surface area contributed by atoms with Gasteiger partial charge in [-0.15, -0.1) is 11.6 Å². The fraction of sp³-hybridized carbons (Fsp3) is 0.462. The maximum absolute atomic E-state index is 13.5. The number of carbonyl (C=O) groups excluding carboxylic acids is 1. The zero-order valence-electron chi connectivity index (χ0n) is 10.6. The molecule has 2 nitrogen and oxygen atoms in total. The Morgan fingerprint density at radius 2 is 1.89 bits per heavy atom. The van der Waals surface area contributed by atoms with E-state index in [1.807, 2.05) is 13.8 Å². The molecule has 1 atom stereocenters. The van der Waals surface area contributed by atoms with Crippen LogP contribution in [0.1, 0.15) is 30.6 Å². The van der Waals surface area contributed by atoms with E-state index in [0.717, 1.165) is 12.1 Å². The maximum atomic E-state index is 13.5. The molecule has 0 aromatic heterocycles. The lowest BCUT2D eigenvalue weighted by Gasteiger charge is -2.13. The van der Waals surface area contributed by atoms with Crippen molar-refractivity contribution in [1.29, 1.82) is 0 Å². The zero-order valence-corrected chi connectivity index (χ0v) is 13.0. The normalized spacial score (nSPS) is 12.6. The van der Waals surface area contributed by atoms with Crippen LogP contribution in [0, 0.1) is 17.6 Å². The zero-order chi connectivity index (χ0) is 14.6. The van der Waals surface area contributed by atoms with E-state index < -0.39 is 23.1 Å². The number of carbonyl (C=O) groups is 1. The molecule has 1 aromatic rings. The molecule has 106 valence electrons. The van der Waals surface area contributed by atoms with Gasteiger partial charge in [-0.05, 0) is 24.5 Å². The van der Waals surface area contributed by atoms with Gasteiger partial charge in [-0.3, -0.25) is 4.79 Å². The second kappa shape index (κ2) is 7.20. The summed E-state index contributed by atoms with van der Waals surface area (Å²) in [4.78, 5) is 11.7. The minimum Gasteiger partial charge on any atom is -0.350 e. The van der Waals surface area contributed by atoms with Crippen LogP contribution in [0.3, 0.4) is 0 Å². The monoisotopic (exact) mass is 353 g/mol. The van der Waals surface area contributed by atoms with Crippen molar-refractivity contribution in [2.24, 2.45) is 5.92 Å². The Bertz CT molecular complexity index is 445. The minimum absolute atomic E-state index is 0.174. The molecule has 0 aliphatic carbocycles. The Kier molecular flexibility index (Phi) is 6.20. The molecular formula is C13H15BrClF2NO.